The summed E-state index contributed by atoms with van der Waals surface area (Å²) in [5, 5.41) is 1.27. The van der Waals surface area contributed by atoms with Crippen molar-refractivity contribution in [3.05, 3.63) is 36.4 Å². The zero-order chi connectivity index (χ0) is 14.6. The Kier molecular flexibility index (Phi) is 4.86. The van der Waals surface area contributed by atoms with Crippen LogP contribution in [0.1, 0.15) is 6.92 Å². The Morgan fingerprint density at radius 3 is 2.40 bits per heavy atom. The monoisotopic (exact) mass is 314 g/mol. The molecule has 20 heavy (non-hydrogen) atoms. The number of rotatable bonds is 6. The van der Waals surface area contributed by atoms with Gasteiger partial charge in [0.25, 0.3) is 9.05 Å². The fourth-order valence-corrected chi connectivity index (χ4v) is 3.01. The van der Waals surface area contributed by atoms with Gasteiger partial charge in [-0.3, -0.25) is 0 Å². The van der Waals surface area contributed by atoms with E-state index in [1.54, 1.807) is 24.3 Å². The molecule has 0 aromatic heterocycles. The van der Waals surface area contributed by atoms with Crippen LogP contribution in [0.25, 0.3) is 10.8 Å². The average Bonchev–Trinajstić information content (AvgIpc) is 2.42. The Morgan fingerprint density at radius 2 is 1.75 bits per heavy atom. The lowest BCUT2D eigenvalue weighted by molar-refractivity contribution is 0.111. The van der Waals surface area contributed by atoms with Crippen molar-refractivity contribution in [1.29, 1.82) is 0 Å². The fraction of sp³-hybridized carbons (Fsp3) is 0.286. The Morgan fingerprint density at radius 1 is 1.05 bits per heavy atom. The number of halogens is 1. The second-order valence-electron chi connectivity index (χ2n) is 4.09. The molecule has 0 aliphatic carbocycles. The zero-order valence-electron chi connectivity index (χ0n) is 11.0. The maximum Gasteiger partial charge on any atom is 0.261 e. The van der Waals surface area contributed by atoms with E-state index >= 15 is 0 Å². The van der Waals surface area contributed by atoms with Crippen molar-refractivity contribution in [2.24, 2.45) is 0 Å². The van der Waals surface area contributed by atoms with E-state index in [0.29, 0.717) is 36.3 Å². The summed E-state index contributed by atoms with van der Waals surface area (Å²) in [5.41, 5.74) is 0. The second-order valence-corrected chi connectivity index (χ2v) is 6.63. The minimum Gasteiger partial charge on any atom is -0.491 e. The molecule has 2 rings (SSSR count). The molecule has 108 valence electrons. The lowest BCUT2D eigenvalue weighted by Gasteiger charge is -2.11. The molecule has 2 aromatic rings. The van der Waals surface area contributed by atoms with Crippen LogP contribution in [0.5, 0.6) is 5.75 Å². The van der Waals surface area contributed by atoms with Gasteiger partial charge in [0.15, 0.2) is 0 Å². The minimum atomic E-state index is -3.78. The Bertz CT molecular complexity index is 697. The largest absolute Gasteiger partial charge is 0.491 e. The van der Waals surface area contributed by atoms with Gasteiger partial charge in [-0.15, -0.1) is 0 Å². The molecule has 0 aliphatic heterocycles. The van der Waals surface area contributed by atoms with Crippen LogP contribution in [0.3, 0.4) is 0 Å². The highest BCUT2D eigenvalue weighted by Crippen LogP contribution is 2.32. The van der Waals surface area contributed by atoms with Gasteiger partial charge in [-0.2, -0.15) is 0 Å². The van der Waals surface area contributed by atoms with Crippen molar-refractivity contribution in [3.63, 3.8) is 0 Å². The van der Waals surface area contributed by atoms with Gasteiger partial charge in [0.1, 0.15) is 12.4 Å². The Labute approximate surface area is 122 Å². The smallest absolute Gasteiger partial charge is 0.261 e. The first-order valence-electron chi connectivity index (χ1n) is 6.21. The first-order chi connectivity index (χ1) is 9.54. The summed E-state index contributed by atoms with van der Waals surface area (Å²) in [6.07, 6.45) is 0. The van der Waals surface area contributed by atoms with Gasteiger partial charge in [0.2, 0.25) is 0 Å². The predicted octanol–water partition coefficient (Wildman–Crippen LogP) is 3.18. The van der Waals surface area contributed by atoms with Crippen molar-refractivity contribution < 1.29 is 17.9 Å². The number of ether oxygens (including phenoxy) is 2. The van der Waals surface area contributed by atoms with E-state index in [2.05, 4.69) is 0 Å². The summed E-state index contributed by atoms with van der Waals surface area (Å²) >= 11 is 0. The Hall–Kier alpha value is -1.30. The minimum absolute atomic E-state index is 0.0897. The van der Waals surface area contributed by atoms with Crippen molar-refractivity contribution in [1.82, 2.24) is 0 Å². The first-order valence-corrected chi connectivity index (χ1v) is 8.52. The SMILES string of the molecule is CCOCCOc1ccc(S(=O)(=O)Cl)c2ccccc12. The third kappa shape index (κ3) is 3.42. The average molecular weight is 315 g/mol. The lowest BCUT2D eigenvalue weighted by Crippen LogP contribution is -2.06. The van der Waals surface area contributed by atoms with Gasteiger partial charge in [0.05, 0.1) is 11.5 Å². The molecule has 0 fully saturated rings. The molecule has 0 atom stereocenters. The van der Waals surface area contributed by atoms with Crippen LogP contribution in [-0.4, -0.2) is 28.2 Å². The van der Waals surface area contributed by atoms with Gasteiger partial charge < -0.3 is 9.47 Å². The molecule has 0 spiro atoms. The van der Waals surface area contributed by atoms with E-state index in [9.17, 15) is 8.42 Å². The van der Waals surface area contributed by atoms with Crippen molar-refractivity contribution >= 4 is 30.5 Å². The highest BCUT2D eigenvalue weighted by Gasteiger charge is 2.16. The lowest BCUT2D eigenvalue weighted by atomic mass is 10.1. The maximum atomic E-state index is 11.6. The van der Waals surface area contributed by atoms with Crippen LogP contribution in [0, 0.1) is 0 Å². The number of fused-ring (bicyclic) bond motifs is 1. The van der Waals surface area contributed by atoms with Gasteiger partial charge >= 0.3 is 0 Å². The van der Waals surface area contributed by atoms with E-state index < -0.39 is 9.05 Å². The molecule has 4 nitrogen and oxygen atoms in total. The third-order valence-electron chi connectivity index (χ3n) is 2.80. The van der Waals surface area contributed by atoms with Crippen LogP contribution in [-0.2, 0) is 13.8 Å². The van der Waals surface area contributed by atoms with Crippen LogP contribution >= 0.6 is 10.7 Å². The second kappa shape index (κ2) is 6.43. The molecule has 0 radical (unpaired) electrons. The summed E-state index contributed by atoms with van der Waals surface area (Å²) in [7, 11) is 1.66. The summed E-state index contributed by atoms with van der Waals surface area (Å²) in [6.45, 7) is 3.44. The molecule has 0 aliphatic rings. The molecule has 0 saturated heterocycles. The molecule has 6 heteroatoms. The predicted molar refractivity (Wildman–Crippen MR) is 79.0 cm³/mol. The molecule has 0 heterocycles. The van der Waals surface area contributed by atoms with Crippen molar-refractivity contribution in [3.8, 4) is 5.75 Å². The van der Waals surface area contributed by atoms with E-state index in [4.69, 9.17) is 20.2 Å². The summed E-state index contributed by atoms with van der Waals surface area (Å²) in [6, 6.07) is 10.2. The quantitative estimate of drug-likeness (QED) is 0.607. The van der Waals surface area contributed by atoms with Crippen LogP contribution in [0.4, 0.5) is 0 Å². The summed E-state index contributed by atoms with van der Waals surface area (Å²) in [5.74, 6) is 0.615. The van der Waals surface area contributed by atoms with Crippen LogP contribution < -0.4 is 4.74 Å². The molecule has 0 saturated carbocycles. The maximum absolute atomic E-state index is 11.6. The molecule has 0 bridgehead atoms. The van der Waals surface area contributed by atoms with Crippen LogP contribution in [0.15, 0.2) is 41.3 Å². The highest BCUT2D eigenvalue weighted by molar-refractivity contribution is 8.14. The first kappa shape index (κ1) is 15.1. The standard InChI is InChI=1S/C14H15ClO4S/c1-2-18-9-10-19-13-7-8-14(20(15,16)17)12-6-4-3-5-11(12)13/h3-8H,2,9-10H2,1H3. The van der Waals surface area contributed by atoms with Gasteiger partial charge in [-0.1, -0.05) is 24.3 Å². The van der Waals surface area contributed by atoms with E-state index in [1.165, 1.54) is 6.07 Å². The molecule has 0 unspecified atom stereocenters. The fourth-order valence-electron chi connectivity index (χ4n) is 1.94. The van der Waals surface area contributed by atoms with E-state index in [-0.39, 0.29) is 4.90 Å². The van der Waals surface area contributed by atoms with E-state index in [0.717, 1.165) is 0 Å². The van der Waals surface area contributed by atoms with Gasteiger partial charge in [0, 0.05) is 28.1 Å². The van der Waals surface area contributed by atoms with Crippen molar-refractivity contribution in [2.75, 3.05) is 19.8 Å². The number of hydrogen-bond donors (Lipinski definition) is 0. The summed E-state index contributed by atoms with van der Waals surface area (Å²) < 4.78 is 34.0. The molecule has 0 N–H and O–H groups in total. The zero-order valence-corrected chi connectivity index (χ0v) is 12.6. The van der Waals surface area contributed by atoms with Crippen molar-refractivity contribution in [2.45, 2.75) is 11.8 Å². The topological polar surface area (TPSA) is 52.6 Å². The van der Waals surface area contributed by atoms with Gasteiger partial charge in [-0.25, -0.2) is 8.42 Å². The van der Waals surface area contributed by atoms with Gasteiger partial charge in [-0.05, 0) is 19.1 Å². The molecule has 2 aromatic carbocycles. The number of benzene rings is 2. The Balaban J connectivity index is 2.39. The third-order valence-corrected chi connectivity index (χ3v) is 4.18. The van der Waals surface area contributed by atoms with Crippen LogP contribution in [0.2, 0.25) is 0 Å². The molecular formula is C14H15ClO4S. The molecule has 0 amide bonds. The molecular weight excluding hydrogens is 300 g/mol. The number of hydrogen-bond acceptors (Lipinski definition) is 4. The summed E-state index contributed by atoms with van der Waals surface area (Å²) in [4.78, 5) is 0.0897. The normalized spacial score (nSPS) is 11.7. The van der Waals surface area contributed by atoms with E-state index in [1.807, 2.05) is 13.0 Å². The highest BCUT2D eigenvalue weighted by atomic mass is 35.7.